The largest absolute Gasteiger partial charge is 0.467 e. The molecule has 3 rings (SSSR count). The summed E-state index contributed by atoms with van der Waals surface area (Å²) >= 11 is 0. The van der Waals surface area contributed by atoms with Crippen LogP contribution in [0.5, 0.6) is 0 Å². The van der Waals surface area contributed by atoms with Gasteiger partial charge in [-0.05, 0) is 29.8 Å². The minimum Gasteiger partial charge on any atom is -0.467 e. The summed E-state index contributed by atoms with van der Waals surface area (Å²) in [5, 5.41) is 10.5. The van der Waals surface area contributed by atoms with Crippen molar-refractivity contribution in [1.82, 2.24) is 4.57 Å². The Balaban J connectivity index is 1.54. The van der Waals surface area contributed by atoms with Crippen LogP contribution in [-0.2, 0) is 29.2 Å². The molecular weight excluding hydrogens is 380 g/mol. The predicted octanol–water partition coefficient (Wildman–Crippen LogP) is 2.13. The van der Waals surface area contributed by atoms with E-state index < -0.39 is 6.10 Å². The van der Waals surface area contributed by atoms with E-state index in [0.717, 1.165) is 38.4 Å². The summed E-state index contributed by atoms with van der Waals surface area (Å²) in [5.41, 5.74) is 2.54. The molecule has 6 nitrogen and oxygen atoms in total. The van der Waals surface area contributed by atoms with Crippen LogP contribution < -0.4 is 4.90 Å². The zero-order valence-corrected chi connectivity index (χ0v) is 17.7. The van der Waals surface area contributed by atoms with Crippen LogP contribution in [0.3, 0.4) is 0 Å². The molecule has 3 aromatic rings. The van der Waals surface area contributed by atoms with Crippen molar-refractivity contribution < 1.29 is 23.9 Å². The summed E-state index contributed by atoms with van der Waals surface area (Å²) in [7, 11) is 1.72. The molecule has 1 unspecified atom stereocenters. The molecule has 1 aromatic carbocycles. The highest BCUT2D eigenvalue weighted by Gasteiger charge is 2.18. The van der Waals surface area contributed by atoms with Gasteiger partial charge in [0.1, 0.15) is 31.6 Å². The number of quaternary nitrogens is 1. The summed E-state index contributed by atoms with van der Waals surface area (Å²) in [4.78, 5) is 1.31. The first kappa shape index (κ1) is 22.3. The first-order chi connectivity index (χ1) is 14.7. The Morgan fingerprint density at radius 2 is 1.97 bits per heavy atom. The second-order valence-corrected chi connectivity index (χ2v) is 7.59. The molecule has 2 aromatic heterocycles. The summed E-state index contributed by atoms with van der Waals surface area (Å²) in [5.74, 6) is 0.769. The fourth-order valence-corrected chi connectivity index (χ4v) is 3.61. The third-order valence-electron chi connectivity index (χ3n) is 5.09. The van der Waals surface area contributed by atoms with Gasteiger partial charge in [0, 0.05) is 26.3 Å². The van der Waals surface area contributed by atoms with Gasteiger partial charge in [-0.2, -0.15) is 0 Å². The minimum absolute atomic E-state index is 0.291. The third kappa shape index (κ3) is 7.46. The van der Waals surface area contributed by atoms with E-state index >= 15 is 0 Å². The Labute approximate surface area is 178 Å². The van der Waals surface area contributed by atoms with Crippen molar-refractivity contribution >= 4 is 0 Å². The van der Waals surface area contributed by atoms with Gasteiger partial charge in [-0.15, -0.1) is 0 Å². The van der Waals surface area contributed by atoms with Crippen LogP contribution in [0.1, 0.15) is 23.4 Å². The number of nitrogens with one attached hydrogen (secondary N) is 1. The van der Waals surface area contributed by atoms with Crippen molar-refractivity contribution in [2.75, 3.05) is 33.4 Å². The Bertz CT molecular complexity index is 817. The monoisotopic (exact) mass is 413 g/mol. The van der Waals surface area contributed by atoms with Crippen LogP contribution in [0.15, 0.2) is 71.5 Å². The quantitative estimate of drug-likeness (QED) is 0.398. The van der Waals surface area contributed by atoms with E-state index in [0.29, 0.717) is 19.8 Å². The molecule has 0 aliphatic rings. The van der Waals surface area contributed by atoms with Gasteiger partial charge in [-0.1, -0.05) is 30.3 Å². The molecule has 2 atom stereocenters. The van der Waals surface area contributed by atoms with Gasteiger partial charge in [-0.25, -0.2) is 0 Å². The predicted molar refractivity (Wildman–Crippen MR) is 115 cm³/mol. The molecule has 6 heteroatoms. The molecular formula is C24H33N2O4+. The molecule has 0 saturated heterocycles. The average molecular weight is 414 g/mol. The van der Waals surface area contributed by atoms with Gasteiger partial charge >= 0.3 is 0 Å². The second kappa shape index (κ2) is 12.3. The van der Waals surface area contributed by atoms with E-state index in [4.69, 9.17) is 13.9 Å². The van der Waals surface area contributed by atoms with Crippen LogP contribution >= 0.6 is 0 Å². The Kier molecular flexibility index (Phi) is 9.18. The lowest BCUT2D eigenvalue weighted by atomic mass is 10.2. The van der Waals surface area contributed by atoms with Crippen molar-refractivity contribution in [3.8, 4) is 0 Å². The molecule has 0 radical (unpaired) electrons. The Morgan fingerprint density at radius 3 is 2.73 bits per heavy atom. The van der Waals surface area contributed by atoms with E-state index in [2.05, 4.69) is 47.2 Å². The van der Waals surface area contributed by atoms with E-state index in [1.807, 2.05) is 18.2 Å². The Morgan fingerprint density at radius 1 is 1.10 bits per heavy atom. The van der Waals surface area contributed by atoms with E-state index in [9.17, 15) is 5.11 Å². The first-order valence-corrected chi connectivity index (χ1v) is 10.5. The number of furan rings is 1. The summed E-state index contributed by atoms with van der Waals surface area (Å²) in [6.07, 6.45) is 4.17. The van der Waals surface area contributed by atoms with Gasteiger partial charge in [0.15, 0.2) is 0 Å². The SMILES string of the molecule is COCCC[NH+](Cc1cccn1Cc1ccccc1)C[C@H](O)COCc1ccco1. The lowest BCUT2D eigenvalue weighted by molar-refractivity contribution is -0.917. The van der Waals surface area contributed by atoms with E-state index in [1.165, 1.54) is 16.2 Å². The minimum atomic E-state index is -0.532. The van der Waals surface area contributed by atoms with Gasteiger partial charge in [0.05, 0.1) is 31.7 Å². The molecule has 0 saturated carbocycles. The molecule has 0 aliphatic heterocycles. The van der Waals surface area contributed by atoms with Crippen molar-refractivity contribution in [3.63, 3.8) is 0 Å². The number of benzene rings is 1. The van der Waals surface area contributed by atoms with Crippen molar-refractivity contribution in [2.24, 2.45) is 0 Å². The highest BCUT2D eigenvalue weighted by molar-refractivity contribution is 5.17. The maximum atomic E-state index is 10.5. The number of nitrogens with zero attached hydrogens (tertiary/aromatic N) is 1. The highest BCUT2D eigenvalue weighted by Crippen LogP contribution is 2.07. The fourth-order valence-electron chi connectivity index (χ4n) is 3.61. The molecule has 0 amide bonds. The smallest absolute Gasteiger partial charge is 0.129 e. The molecule has 162 valence electrons. The number of hydrogen-bond donors (Lipinski definition) is 2. The number of aliphatic hydroxyl groups excluding tert-OH is 1. The standard InChI is InChI=1S/C24H32N2O4/c1-28-14-7-12-25(18-23(27)19-29-20-24-11-6-15-30-24)17-22-10-5-13-26(22)16-21-8-3-2-4-9-21/h2-6,8-11,13,15,23,27H,7,12,14,16-20H2,1H3/p+1/t23-/m0/s1. The van der Waals surface area contributed by atoms with Gasteiger partial charge in [0.25, 0.3) is 0 Å². The van der Waals surface area contributed by atoms with Crippen LogP contribution in [0, 0.1) is 0 Å². The summed E-state index contributed by atoms with van der Waals surface area (Å²) < 4.78 is 18.4. The van der Waals surface area contributed by atoms with Crippen molar-refractivity contribution in [3.05, 3.63) is 84.1 Å². The van der Waals surface area contributed by atoms with Crippen LogP contribution in [-0.4, -0.2) is 49.2 Å². The number of aromatic nitrogens is 1. The number of methoxy groups -OCH3 is 1. The summed E-state index contributed by atoms with van der Waals surface area (Å²) in [6, 6.07) is 18.4. The fraction of sp³-hybridized carbons (Fsp3) is 0.417. The number of hydrogen-bond acceptors (Lipinski definition) is 4. The normalized spacial score (nSPS) is 13.4. The molecule has 0 spiro atoms. The van der Waals surface area contributed by atoms with Gasteiger partial charge in [-0.3, -0.25) is 0 Å². The Hall–Kier alpha value is -2.38. The van der Waals surface area contributed by atoms with Gasteiger partial charge in [0.2, 0.25) is 0 Å². The van der Waals surface area contributed by atoms with Crippen molar-refractivity contribution in [2.45, 2.75) is 32.2 Å². The lowest BCUT2D eigenvalue weighted by Crippen LogP contribution is -3.12. The van der Waals surface area contributed by atoms with Crippen molar-refractivity contribution in [1.29, 1.82) is 0 Å². The maximum Gasteiger partial charge on any atom is 0.129 e. The second-order valence-electron chi connectivity index (χ2n) is 7.59. The number of ether oxygens (including phenoxy) is 2. The lowest BCUT2D eigenvalue weighted by Gasteiger charge is -2.23. The number of rotatable bonds is 14. The molecule has 2 N–H and O–H groups in total. The number of aliphatic hydroxyl groups is 1. The van der Waals surface area contributed by atoms with E-state index in [1.54, 1.807) is 13.4 Å². The zero-order valence-electron chi connectivity index (χ0n) is 17.7. The highest BCUT2D eigenvalue weighted by atomic mass is 16.5. The van der Waals surface area contributed by atoms with Crippen LogP contribution in [0.2, 0.25) is 0 Å². The first-order valence-electron chi connectivity index (χ1n) is 10.5. The molecule has 30 heavy (non-hydrogen) atoms. The molecule has 2 heterocycles. The van der Waals surface area contributed by atoms with Gasteiger partial charge < -0.3 is 28.5 Å². The van der Waals surface area contributed by atoms with E-state index in [-0.39, 0.29) is 0 Å². The molecule has 0 fully saturated rings. The van der Waals surface area contributed by atoms with Crippen LogP contribution in [0.25, 0.3) is 0 Å². The third-order valence-corrected chi connectivity index (χ3v) is 5.09. The molecule has 0 aliphatic carbocycles. The maximum absolute atomic E-state index is 10.5. The topological polar surface area (TPSA) is 61.2 Å². The molecule has 0 bridgehead atoms. The average Bonchev–Trinajstić information content (AvgIpc) is 3.41. The van der Waals surface area contributed by atoms with Crippen LogP contribution in [0.4, 0.5) is 0 Å². The zero-order chi connectivity index (χ0) is 21.0. The summed E-state index contributed by atoms with van der Waals surface area (Å²) in [6.45, 7) is 4.64.